The van der Waals surface area contributed by atoms with E-state index in [1.165, 1.54) is 19.2 Å². The summed E-state index contributed by atoms with van der Waals surface area (Å²) in [6.45, 7) is 7.94. The minimum atomic E-state index is -3.55. The largest absolute Gasteiger partial charge is 0.383 e. The highest BCUT2D eigenvalue weighted by Gasteiger charge is 2.61. The van der Waals surface area contributed by atoms with Crippen LogP contribution < -0.4 is 10.0 Å². The van der Waals surface area contributed by atoms with Crippen molar-refractivity contribution in [3.8, 4) is 0 Å². The average Bonchev–Trinajstić information content (AvgIpc) is 3.41. The highest BCUT2D eigenvalue weighted by atomic mass is 32.2. The van der Waals surface area contributed by atoms with Crippen molar-refractivity contribution in [2.24, 2.45) is 11.3 Å². The summed E-state index contributed by atoms with van der Waals surface area (Å²) in [6, 6.07) is 15.9. The lowest BCUT2D eigenvalue weighted by atomic mass is 9.63. The average molecular weight is 639 g/mol. The summed E-state index contributed by atoms with van der Waals surface area (Å²) in [5.41, 5.74) is -0.853. The van der Waals surface area contributed by atoms with E-state index in [0.29, 0.717) is 65.3 Å². The summed E-state index contributed by atoms with van der Waals surface area (Å²) < 4.78 is 32.0. The van der Waals surface area contributed by atoms with Crippen molar-refractivity contribution in [1.29, 1.82) is 0 Å². The molecule has 1 amide bonds. The number of carbonyl (C=O) groups excluding carboxylic acids is 2. The SMILES string of the molecule is C=CCN(C(=O)Cc1ccc(S(=O)(=O)NC)cc1)C1CCN(C[C@@]2(C(=O)C3CCOCC3)CNC[C@@]2(O)c2ccccc2)CC1. The number of aliphatic hydroxyl groups is 1. The van der Waals surface area contributed by atoms with Crippen molar-refractivity contribution in [2.45, 2.75) is 48.6 Å². The van der Waals surface area contributed by atoms with Gasteiger partial charge in [0.2, 0.25) is 15.9 Å². The van der Waals surface area contributed by atoms with Crippen molar-refractivity contribution in [1.82, 2.24) is 19.8 Å². The molecule has 10 nitrogen and oxygen atoms in total. The summed E-state index contributed by atoms with van der Waals surface area (Å²) in [5.74, 6) is -0.0806. The Hall–Kier alpha value is -2.93. The van der Waals surface area contributed by atoms with Crippen LogP contribution in [0.5, 0.6) is 0 Å². The lowest BCUT2D eigenvalue weighted by molar-refractivity contribution is -0.153. The molecule has 0 aromatic heterocycles. The Bertz CT molecular complexity index is 1440. The lowest BCUT2D eigenvalue weighted by Gasteiger charge is -2.47. The second-order valence-electron chi connectivity index (χ2n) is 12.5. The Morgan fingerprint density at radius 3 is 2.36 bits per heavy atom. The fraction of sp³-hybridized carbons (Fsp3) is 0.529. The van der Waals surface area contributed by atoms with Crippen molar-refractivity contribution in [2.75, 3.05) is 59.5 Å². The molecule has 2 atom stereocenters. The number of hydrogen-bond donors (Lipinski definition) is 3. The van der Waals surface area contributed by atoms with Gasteiger partial charge in [-0.05, 0) is 56.0 Å². The molecule has 0 aliphatic carbocycles. The highest BCUT2D eigenvalue weighted by molar-refractivity contribution is 7.89. The number of hydrogen-bond acceptors (Lipinski definition) is 8. The third-order valence-corrected chi connectivity index (χ3v) is 11.3. The van der Waals surface area contributed by atoms with Gasteiger partial charge in [0, 0.05) is 64.4 Å². The van der Waals surface area contributed by atoms with E-state index in [1.807, 2.05) is 35.2 Å². The van der Waals surface area contributed by atoms with Crippen LogP contribution in [-0.4, -0.2) is 101 Å². The number of nitrogens with one attached hydrogen (secondary N) is 2. The monoisotopic (exact) mass is 638 g/mol. The molecule has 3 N–H and O–H groups in total. The number of piperidine rings is 1. The van der Waals surface area contributed by atoms with Gasteiger partial charge in [-0.3, -0.25) is 9.59 Å². The predicted molar refractivity (Wildman–Crippen MR) is 172 cm³/mol. The number of ketones is 1. The lowest BCUT2D eigenvalue weighted by Crippen LogP contribution is -2.60. The number of amides is 1. The van der Waals surface area contributed by atoms with Crippen LogP contribution in [-0.2, 0) is 36.4 Å². The first-order chi connectivity index (χ1) is 21.6. The Balaban J connectivity index is 1.29. The van der Waals surface area contributed by atoms with E-state index in [-0.39, 0.29) is 35.0 Å². The zero-order chi connectivity index (χ0) is 32.1. The fourth-order valence-corrected chi connectivity index (χ4v) is 8.05. The van der Waals surface area contributed by atoms with Gasteiger partial charge in [-0.2, -0.15) is 0 Å². The van der Waals surface area contributed by atoms with Gasteiger partial charge >= 0.3 is 0 Å². The van der Waals surface area contributed by atoms with Gasteiger partial charge in [0.15, 0.2) is 0 Å². The van der Waals surface area contributed by atoms with Crippen LogP contribution in [0.4, 0.5) is 0 Å². The van der Waals surface area contributed by atoms with Gasteiger partial charge in [-0.15, -0.1) is 6.58 Å². The first kappa shape index (κ1) is 33.4. The molecule has 244 valence electrons. The predicted octanol–water partition coefficient (Wildman–Crippen LogP) is 2.09. The van der Waals surface area contributed by atoms with Crippen LogP contribution in [0.15, 0.2) is 72.1 Å². The fourth-order valence-electron chi connectivity index (χ4n) is 7.32. The van der Waals surface area contributed by atoms with E-state index < -0.39 is 21.0 Å². The molecule has 3 fully saturated rings. The number of nitrogens with zero attached hydrogens (tertiary/aromatic N) is 2. The molecule has 45 heavy (non-hydrogen) atoms. The molecule has 0 spiro atoms. The van der Waals surface area contributed by atoms with E-state index in [4.69, 9.17) is 4.74 Å². The molecule has 2 aromatic carbocycles. The van der Waals surface area contributed by atoms with E-state index >= 15 is 0 Å². The molecule has 3 aliphatic heterocycles. The number of ether oxygens (including phenoxy) is 1. The van der Waals surface area contributed by atoms with Gasteiger partial charge in [0.25, 0.3) is 0 Å². The van der Waals surface area contributed by atoms with E-state index in [2.05, 4.69) is 21.5 Å². The number of carbonyl (C=O) groups is 2. The van der Waals surface area contributed by atoms with Crippen molar-refractivity contribution < 1.29 is 27.9 Å². The van der Waals surface area contributed by atoms with E-state index in [1.54, 1.807) is 18.2 Å². The maximum atomic E-state index is 14.4. The normalized spacial score (nSPS) is 25.2. The number of Topliss-reactive ketones (excluding diaryl/α,β-unsaturated/α-hetero) is 1. The van der Waals surface area contributed by atoms with Crippen LogP contribution >= 0.6 is 0 Å². The minimum absolute atomic E-state index is 0.00699. The number of sulfonamides is 1. The van der Waals surface area contributed by atoms with Gasteiger partial charge in [-0.25, -0.2) is 13.1 Å². The van der Waals surface area contributed by atoms with Crippen molar-refractivity contribution in [3.63, 3.8) is 0 Å². The van der Waals surface area contributed by atoms with Crippen LogP contribution in [0.1, 0.15) is 36.8 Å². The zero-order valence-corrected chi connectivity index (χ0v) is 26.9. The standard InChI is InChI=1S/C34H46N4O6S/c1-3-17-38(31(39)22-26-9-11-30(12-10-26)45(42,43)35-2)29-13-18-37(19-14-29)25-33(32(40)27-15-20-44-21-16-27)23-36-24-34(33,41)28-7-5-4-6-8-28/h3-12,27,29,35-36,41H,1,13-25H2,2H3/t33-,34-/m1/s1. The van der Waals surface area contributed by atoms with Crippen molar-refractivity contribution >= 4 is 21.7 Å². The smallest absolute Gasteiger partial charge is 0.240 e. The second kappa shape index (κ2) is 14.2. The Morgan fingerprint density at radius 1 is 1.07 bits per heavy atom. The summed E-state index contributed by atoms with van der Waals surface area (Å²) in [5, 5.41) is 15.7. The van der Waals surface area contributed by atoms with Gasteiger partial charge < -0.3 is 25.0 Å². The summed E-state index contributed by atoms with van der Waals surface area (Å²) in [6.07, 6.45) is 4.70. The van der Waals surface area contributed by atoms with Gasteiger partial charge in [0.05, 0.1) is 16.7 Å². The summed E-state index contributed by atoms with van der Waals surface area (Å²) >= 11 is 0. The van der Waals surface area contributed by atoms with Crippen LogP contribution in [0.3, 0.4) is 0 Å². The summed E-state index contributed by atoms with van der Waals surface area (Å²) in [4.78, 5) is 32.2. The molecule has 3 aliphatic rings. The van der Waals surface area contributed by atoms with Crippen molar-refractivity contribution in [3.05, 3.63) is 78.4 Å². The molecule has 0 bridgehead atoms. The number of benzene rings is 2. The molecule has 3 heterocycles. The highest BCUT2D eigenvalue weighted by Crippen LogP contribution is 2.47. The first-order valence-electron chi connectivity index (χ1n) is 15.9. The number of β-amino-alcohol motifs (C(OH)–C–C–N with tert-alkyl or cyclic N) is 1. The Kier molecular flexibility index (Phi) is 10.6. The van der Waals surface area contributed by atoms with Crippen LogP contribution in [0.25, 0.3) is 0 Å². The van der Waals surface area contributed by atoms with Crippen LogP contribution in [0.2, 0.25) is 0 Å². The van der Waals surface area contributed by atoms with Gasteiger partial charge in [-0.1, -0.05) is 48.5 Å². The molecule has 5 rings (SSSR count). The molecule has 0 saturated carbocycles. The molecule has 3 saturated heterocycles. The molecular formula is C34H46N4O6S. The topological polar surface area (TPSA) is 128 Å². The molecule has 11 heteroatoms. The van der Waals surface area contributed by atoms with E-state index in [9.17, 15) is 23.1 Å². The maximum absolute atomic E-state index is 14.4. The van der Waals surface area contributed by atoms with Crippen LogP contribution in [0, 0.1) is 11.3 Å². The molecule has 2 aromatic rings. The zero-order valence-electron chi connectivity index (χ0n) is 26.1. The Morgan fingerprint density at radius 2 is 1.73 bits per heavy atom. The first-order valence-corrected chi connectivity index (χ1v) is 17.4. The number of rotatable bonds is 12. The minimum Gasteiger partial charge on any atom is -0.383 e. The maximum Gasteiger partial charge on any atom is 0.240 e. The third kappa shape index (κ3) is 6.94. The molecule has 0 radical (unpaired) electrons. The molecular weight excluding hydrogens is 592 g/mol. The Labute approximate surface area is 266 Å². The van der Waals surface area contributed by atoms with Gasteiger partial charge in [0.1, 0.15) is 11.4 Å². The second-order valence-corrected chi connectivity index (χ2v) is 14.4. The summed E-state index contributed by atoms with van der Waals surface area (Å²) in [7, 11) is -2.18. The quantitative estimate of drug-likeness (QED) is 0.302. The van der Waals surface area contributed by atoms with E-state index in [0.717, 1.165) is 24.0 Å². The third-order valence-electron chi connectivity index (χ3n) is 9.91. The number of likely N-dealkylation sites (tertiary alicyclic amines) is 1. The molecule has 0 unspecified atom stereocenters.